The fourth-order valence-corrected chi connectivity index (χ4v) is 2.80. The minimum Gasteiger partial charge on any atom is -0.390 e. The number of hydrogen-bond donors (Lipinski definition) is 2. The lowest BCUT2D eigenvalue weighted by molar-refractivity contribution is -0.0962. The molecule has 1 saturated carbocycles. The van der Waals surface area contributed by atoms with Crippen molar-refractivity contribution in [3.05, 3.63) is 34.6 Å². The van der Waals surface area contributed by atoms with Gasteiger partial charge >= 0.3 is 0 Å². The summed E-state index contributed by atoms with van der Waals surface area (Å²) in [5.74, 6) is -0.502. The van der Waals surface area contributed by atoms with Crippen molar-refractivity contribution in [3.8, 4) is 0 Å². The first-order valence-electron chi connectivity index (χ1n) is 6.36. The van der Waals surface area contributed by atoms with Crippen molar-refractivity contribution >= 4 is 11.6 Å². The number of rotatable bonds is 3. The monoisotopic (exact) mass is 272 g/mol. The summed E-state index contributed by atoms with van der Waals surface area (Å²) in [5, 5.41) is 20.5. The zero-order valence-corrected chi connectivity index (χ0v) is 11.0. The summed E-state index contributed by atoms with van der Waals surface area (Å²) in [7, 11) is 0. The molecule has 1 aliphatic rings. The standard InChI is InChI=1S/C14H18ClFO2/c15-11-6-4-5-10(13(11)16)9-12(17)14(18)7-2-1-3-8-14/h4-6,12,17-18H,1-3,7-9H2. The van der Waals surface area contributed by atoms with Gasteiger partial charge in [0.15, 0.2) is 0 Å². The predicted octanol–water partition coefficient (Wildman–Crippen LogP) is 3.08. The summed E-state index contributed by atoms with van der Waals surface area (Å²) in [6.45, 7) is 0. The van der Waals surface area contributed by atoms with E-state index in [1.54, 1.807) is 12.1 Å². The topological polar surface area (TPSA) is 40.5 Å². The lowest BCUT2D eigenvalue weighted by atomic mass is 9.79. The number of aliphatic hydroxyl groups is 2. The molecular weight excluding hydrogens is 255 g/mol. The molecule has 18 heavy (non-hydrogen) atoms. The molecule has 4 heteroatoms. The van der Waals surface area contributed by atoms with Gasteiger partial charge in [0.1, 0.15) is 5.82 Å². The number of benzene rings is 1. The fourth-order valence-electron chi connectivity index (χ4n) is 2.60. The van der Waals surface area contributed by atoms with Crippen LogP contribution in [0.15, 0.2) is 18.2 Å². The minimum atomic E-state index is -1.08. The summed E-state index contributed by atoms with van der Waals surface area (Å²) in [6, 6.07) is 4.72. The third kappa shape index (κ3) is 2.85. The Balaban J connectivity index is 2.10. The third-order valence-electron chi connectivity index (χ3n) is 3.78. The molecule has 100 valence electrons. The van der Waals surface area contributed by atoms with Crippen molar-refractivity contribution < 1.29 is 14.6 Å². The van der Waals surface area contributed by atoms with E-state index in [0.29, 0.717) is 18.4 Å². The van der Waals surface area contributed by atoms with Gasteiger partial charge in [-0.2, -0.15) is 0 Å². The van der Waals surface area contributed by atoms with Gasteiger partial charge in [0.25, 0.3) is 0 Å². The molecule has 1 atom stereocenters. The first-order valence-corrected chi connectivity index (χ1v) is 6.74. The van der Waals surface area contributed by atoms with E-state index in [9.17, 15) is 14.6 Å². The summed E-state index contributed by atoms with van der Waals surface area (Å²) >= 11 is 5.70. The normalized spacial score (nSPS) is 20.7. The van der Waals surface area contributed by atoms with E-state index in [1.807, 2.05) is 0 Å². The quantitative estimate of drug-likeness (QED) is 0.888. The lowest BCUT2D eigenvalue weighted by Crippen LogP contribution is -2.45. The molecule has 0 heterocycles. The maximum absolute atomic E-state index is 13.7. The van der Waals surface area contributed by atoms with E-state index < -0.39 is 17.5 Å². The van der Waals surface area contributed by atoms with Crippen molar-refractivity contribution in [3.63, 3.8) is 0 Å². The molecule has 1 unspecified atom stereocenters. The van der Waals surface area contributed by atoms with E-state index in [4.69, 9.17) is 11.6 Å². The van der Waals surface area contributed by atoms with Crippen LogP contribution in [0.1, 0.15) is 37.7 Å². The molecule has 0 amide bonds. The van der Waals surface area contributed by atoms with Gasteiger partial charge in [-0.1, -0.05) is 43.0 Å². The highest BCUT2D eigenvalue weighted by Gasteiger charge is 2.37. The van der Waals surface area contributed by atoms with Gasteiger partial charge in [-0.25, -0.2) is 4.39 Å². The smallest absolute Gasteiger partial charge is 0.145 e. The molecule has 2 nitrogen and oxygen atoms in total. The lowest BCUT2D eigenvalue weighted by Gasteiger charge is -2.36. The van der Waals surface area contributed by atoms with Gasteiger partial charge in [-0.3, -0.25) is 0 Å². The van der Waals surface area contributed by atoms with Crippen LogP contribution in [0.4, 0.5) is 4.39 Å². The van der Waals surface area contributed by atoms with Gasteiger partial charge in [0, 0.05) is 6.42 Å². The van der Waals surface area contributed by atoms with Crippen LogP contribution in [0.25, 0.3) is 0 Å². The van der Waals surface area contributed by atoms with Gasteiger partial charge in [0.2, 0.25) is 0 Å². The molecule has 0 aliphatic heterocycles. The van der Waals surface area contributed by atoms with E-state index in [0.717, 1.165) is 19.3 Å². The maximum Gasteiger partial charge on any atom is 0.145 e. The molecular formula is C14H18ClFO2. The zero-order chi connectivity index (χ0) is 13.2. The first-order chi connectivity index (χ1) is 8.53. The largest absolute Gasteiger partial charge is 0.390 e. The van der Waals surface area contributed by atoms with E-state index >= 15 is 0 Å². The molecule has 1 fully saturated rings. The van der Waals surface area contributed by atoms with Crippen LogP contribution in [0, 0.1) is 5.82 Å². The van der Waals surface area contributed by atoms with Crippen LogP contribution in [0.3, 0.4) is 0 Å². The van der Waals surface area contributed by atoms with Crippen molar-refractivity contribution in [2.24, 2.45) is 0 Å². The molecule has 1 aromatic rings. The Labute approximate surface area is 111 Å². The van der Waals surface area contributed by atoms with Crippen LogP contribution in [0.5, 0.6) is 0 Å². The second-order valence-corrected chi connectivity index (χ2v) is 5.50. The van der Waals surface area contributed by atoms with E-state index in [-0.39, 0.29) is 11.4 Å². The molecule has 1 aliphatic carbocycles. The molecule has 0 spiro atoms. The Morgan fingerprint density at radius 3 is 2.61 bits per heavy atom. The van der Waals surface area contributed by atoms with Gasteiger partial charge in [-0.05, 0) is 24.5 Å². The van der Waals surface area contributed by atoms with E-state index in [1.165, 1.54) is 6.07 Å². The molecule has 0 saturated heterocycles. The fraction of sp³-hybridized carbons (Fsp3) is 0.571. The molecule has 0 aromatic heterocycles. The Kier molecular flexibility index (Phi) is 4.25. The van der Waals surface area contributed by atoms with Crippen LogP contribution >= 0.6 is 11.6 Å². The van der Waals surface area contributed by atoms with Gasteiger partial charge in [0.05, 0.1) is 16.7 Å². The van der Waals surface area contributed by atoms with Gasteiger partial charge in [-0.15, -0.1) is 0 Å². The second-order valence-electron chi connectivity index (χ2n) is 5.10. The Morgan fingerprint density at radius 1 is 1.28 bits per heavy atom. The summed E-state index contributed by atoms with van der Waals surface area (Å²) < 4.78 is 13.7. The average molecular weight is 273 g/mol. The maximum atomic E-state index is 13.7. The second kappa shape index (κ2) is 5.55. The summed E-state index contributed by atoms with van der Waals surface area (Å²) in [4.78, 5) is 0. The van der Waals surface area contributed by atoms with Crippen molar-refractivity contribution in [1.82, 2.24) is 0 Å². The number of aliphatic hydroxyl groups excluding tert-OH is 1. The Morgan fingerprint density at radius 2 is 1.94 bits per heavy atom. The van der Waals surface area contributed by atoms with Crippen molar-refractivity contribution in [2.75, 3.05) is 0 Å². The predicted molar refractivity (Wildman–Crippen MR) is 69.2 cm³/mol. The van der Waals surface area contributed by atoms with Gasteiger partial charge < -0.3 is 10.2 Å². The molecule has 0 bridgehead atoms. The van der Waals surface area contributed by atoms with Crippen LogP contribution in [0.2, 0.25) is 5.02 Å². The third-order valence-corrected chi connectivity index (χ3v) is 4.08. The number of halogens is 2. The molecule has 2 rings (SSSR count). The first kappa shape index (κ1) is 13.8. The summed E-state index contributed by atoms with van der Waals surface area (Å²) in [6.07, 6.45) is 3.22. The van der Waals surface area contributed by atoms with Crippen molar-refractivity contribution in [1.29, 1.82) is 0 Å². The minimum absolute atomic E-state index is 0.0512. The Hall–Kier alpha value is -0.640. The number of hydrogen-bond acceptors (Lipinski definition) is 2. The SMILES string of the molecule is OC(Cc1cccc(Cl)c1F)C1(O)CCCCC1. The summed E-state index contributed by atoms with van der Waals surface area (Å²) in [5.41, 5.74) is -0.721. The highest BCUT2D eigenvalue weighted by molar-refractivity contribution is 6.30. The zero-order valence-electron chi connectivity index (χ0n) is 10.2. The van der Waals surface area contributed by atoms with Crippen LogP contribution < -0.4 is 0 Å². The van der Waals surface area contributed by atoms with Crippen LogP contribution in [-0.4, -0.2) is 21.9 Å². The Bertz CT molecular complexity index is 416. The molecule has 0 radical (unpaired) electrons. The van der Waals surface area contributed by atoms with Crippen LogP contribution in [-0.2, 0) is 6.42 Å². The van der Waals surface area contributed by atoms with E-state index in [2.05, 4.69) is 0 Å². The highest BCUT2D eigenvalue weighted by atomic mass is 35.5. The highest BCUT2D eigenvalue weighted by Crippen LogP contribution is 2.33. The molecule has 1 aromatic carbocycles. The average Bonchev–Trinajstić information content (AvgIpc) is 2.36. The molecule has 2 N–H and O–H groups in total. The van der Waals surface area contributed by atoms with Crippen molar-refractivity contribution in [2.45, 2.75) is 50.2 Å².